The maximum atomic E-state index is 12.9. The van der Waals surface area contributed by atoms with E-state index in [4.69, 9.17) is 28.1 Å². The van der Waals surface area contributed by atoms with Crippen LogP contribution in [0.2, 0.25) is 0 Å². The standard InChI is InChI=1S/C16H17N5O2S/c1-9-4-3-5-21-14(9)19-15-11(16(21)22)8-10(13(18)24)12(17)20(15)6-7-23-2/h3-5,8,17H,6-7H2,1-2H3,(H2,18,24). The number of nitrogens with zero attached hydrogens (tertiary/aromatic N) is 3. The number of hydrogen-bond donors (Lipinski definition) is 2. The SMILES string of the molecule is COCCn1c(=N)c(C(N)=S)cc2c(=O)n3cccc(C)c3nc21. The summed E-state index contributed by atoms with van der Waals surface area (Å²) < 4.78 is 8.22. The highest BCUT2D eigenvalue weighted by Gasteiger charge is 2.15. The first kappa shape index (κ1) is 16.3. The lowest BCUT2D eigenvalue weighted by atomic mass is 10.2. The van der Waals surface area contributed by atoms with E-state index in [1.165, 1.54) is 4.40 Å². The van der Waals surface area contributed by atoms with Crippen LogP contribution in [0.15, 0.2) is 29.2 Å². The van der Waals surface area contributed by atoms with E-state index in [0.29, 0.717) is 35.4 Å². The van der Waals surface area contributed by atoms with Crippen LogP contribution in [0.1, 0.15) is 11.1 Å². The predicted molar refractivity (Wildman–Crippen MR) is 95.3 cm³/mol. The molecule has 0 atom stereocenters. The quantitative estimate of drug-likeness (QED) is 0.537. The molecule has 0 spiro atoms. The van der Waals surface area contributed by atoms with E-state index in [-0.39, 0.29) is 16.0 Å². The average Bonchev–Trinajstić information content (AvgIpc) is 2.55. The van der Waals surface area contributed by atoms with Gasteiger partial charge in [-0.2, -0.15) is 0 Å². The van der Waals surface area contributed by atoms with Gasteiger partial charge in [-0.15, -0.1) is 0 Å². The zero-order valence-electron chi connectivity index (χ0n) is 13.4. The Bertz CT molecular complexity index is 1080. The Morgan fingerprint density at radius 1 is 1.46 bits per heavy atom. The Kier molecular flexibility index (Phi) is 4.16. The number of nitrogens with two attached hydrogens (primary N) is 1. The molecule has 24 heavy (non-hydrogen) atoms. The molecule has 0 unspecified atom stereocenters. The number of hydrogen-bond acceptors (Lipinski definition) is 5. The number of aromatic nitrogens is 3. The molecule has 0 saturated heterocycles. The van der Waals surface area contributed by atoms with Crippen LogP contribution in [-0.2, 0) is 11.3 Å². The third-order valence-electron chi connectivity index (χ3n) is 3.92. The Balaban J connectivity index is 2.53. The van der Waals surface area contributed by atoms with Crippen LogP contribution in [-0.4, -0.2) is 32.7 Å². The van der Waals surface area contributed by atoms with Crippen LogP contribution < -0.4 is 16.8 Å². The van der Waals surface area contributed by atoms with Gasteiger partial charge in [-0.1, -0.05) is 18.3 Å². The van der Waals surface area contributed by atoms with Crippen LogP contribution in [0, 0.1) is 12.3 Å². The number of nitrogens with one attached hydrogen (secondary N) is 1. The van der Waals surface area contributed by atoms with E-state index < -0.39 is 0 Å². The van der Waals surface area contributed by atoms with Gasteiger partial charge in [-0.3, -0.25) is 14.6 Å². The second-order valence-corrected chi connectivity index (χ2v) is 5.89. The minimum Gasteiger partial charge on any atom is -0.389 e. The highest BCUT2D eigenvalue weighted by atomic mass is 32.1. The zero-order valence-corrected chi connectivity index (χ0v) is 14.2. The normalized spacial score (nSPS) is 11.2. The molecule has 3 aromatic heterocycles. The summed E-state index contributed by atoms with van der Waals surface area (Å²) in [6.45, 7) is 2.64. The van der Waals surface area contributed by atoms with E-state index in [1.54, 1.807) is 30.0 Å². The van der Waals surface area contributed by atoms with Crippen LogP contribution in [0.4, 0.5) is 0 Å². The van der Waals surface area contributed by atoms with Crippen molar-refractivity contribution in [1.29, 1.82) is 5.41 Å². The predicted octanol–water partition coefficient (Wildman–Crippen LogP) is 0.718. The summed E-state index contributed by atoms with van der Waals surface area (Å²) in [5, 5.41) is 8.73. The van der Waals surface area contributed by atoms with Crippen molar-refractivity contribution >= 4 is 33.9 Å². The molecule has 0 amide bonds. The van der Waals surface area contributed by atoms with Crippen LogP contribution >= 0.6 is 12.2 Å². The molecule has 124 valence electrons. The summed E-state index contributed by atoms with van der Waals surface area (Å²) in [5.74, 6) is 0. The molecule has 3 aromatic rings. The molecule has 0 aromatic carbocycles. The molecule has 3 N–H and O–H groups in total. The van der Waals surface area contributed by atoms with Gasteiger partial charge in [0.1, 0.15) is 21.8 Å². The Labute approximate surface area is 142 Å². The van der Waals surface area contributed by atoms with E-state index in [1.807, 2.05) is 13.0 Å². The Morgan fingerprint density at radius 3 is 2.88 bits per heavy atom. The van der Waals surface area contributed by atoms with Gasteiger partial charge >= 0.3 is 0 Å². The molecule has 7 nitrogen and oxygen atoms in total. The highest BCUT2D eigenvalue weighted by molar-refractivity contribution is 7.80. The van der Waals surface area contributed by atoms with Gasteiger partial charge in [-0.05, 0) is 24.6 Å². The Hall–Kier alpha value is -2.58. The fraction of sp³-hybridized carbons (Fsp3) is 0.250. The summed E-state index contributed by atoms with van der Waals surface area (Å²) in [7, 11) is 1.58. The summed E-state index contributed by atoms with van der Waals surface area (Å²) in [6.07, 6.45) is 1.67. The van der Waals surface area contributed by atoms with Crippen molar-refractivity contribution in [2.45, 2.75) is 13.5 Å². The van der Waals surface area contributed by atoms with Crippen molar-refractivity contribution in [3.05, 3.63) is 51.4 Å². The van der Waals surface area contributed by atoms with E-state index >= 15 is 0 Å². The fourth-order valence-corrected chi connectivity index (χ4v) is 2.84. The largest absolute Gasteiger partial charge is 0.389 e. The molecule has 0 bridgehead atoms. The summed E-state index contributed by atoms with van der Waals surface area (Å²) in [5.41, 5.74) is 7.84. The third kappa shape index (κ3) is 2.49. The molecule has 8 heteroatoms. The number of methoxy groups -OCH3 is 1. The van der Waals surface area contributed by atoms with E-state index in [9.17, 15) is 4.79 Å². The van der Waals surface area contributed by atoms with Crippen LogP contribution in [0.3, 0.4) is 0 Å². The zero-order chi connectivity index (χ0) is 17.4. The summed E-state index contributed by atoms with van der Waals surface area (Å²) in [6, 6.07) is 5.23. The Morgan fingerprint density at radius 2 is 2.21 bits per heavy atom. The third-order valence-corrected chi connectivity index (χ3v) is 4.14. The smallest absolute Gasteiger partial charge is 0.267 e. The van der Waals surface area contributed by atoms with Crippen LogP contribution in [0.5, 0.6) is 0 Å². The minimum atomic E-state index is -0.220. The molecule has 0 radical (unpaired) electrons. The first-order valence-electron chi connectivity index (χ1n) is 7.34. The number of aryl methyl sites for hydroxylation is 1. The van der Waals surface area contributed by atoms with E-state index in [0.717, 1.165) is 5.56 Å². The summed E-state index contributed by atoms with van der Waals surface area (Å²) >= 11 is 5.03. The summed E-state index contributed by atoms with van der Waals surface area (Å²) in [4.78, 5) is 17.6. The van der Waals surface area contributed by atoms with Gasteiger partial charge in [-0.25, -0.2) is 4.98 Å². The second kappa shape index (κ2) is 6.14. The maximum absolute atomic E-state index is 12.9. The topological polar surface area (TPSA) is 98.4 Å². The molecule has 0 aliphatic heterocycles. The highest BCUT2D eigenvalue weighted by Crippen LogP contribution is 2.12. The van der Waals surface area contributed by atoms with Gasteiger partial charge in [0, 0.05) is 19.9 Å². The van der Waals surface area contributed by atoms with Crippen molar-refractivity contribution in [2.24, 2.45) is 5.73 Å². The van der Waals surface area contributed by atoms with Gasteiger partial charge in [0.15, 0.2) is 0 Å². The molecule has 3 heterocycles. The van der Waals surface area contributed by atoms with Crippen molar-refractivity contribution < 1.29 is 4.74 Å². The molecule has 0 aliphatic carbocycles. The molecule has 0 fully saturated rings. The first-order chi connectivity index (χ1) is 11.5. The number of rotatable bonds is 4. The number of pyridine rings is 2. The van der Waals surface area contributed by atoms with Crippen molar-refractivity contribution in [2.75, 3.05) is 13.7 Å². The number of fused-ring (bicyclic) bond motifs is 2. The second-order valence-electron chi connectivity index (χ2n) is 5.45. The molecular formula is C16H17N5O2S. The van der Waals surface area contributed by atoms with Crippen molar-refractivity contribution in [1.82, 2.24) is 14.0 Å². The number of thiocarbonyl (C=S) groups is 1. The van der Waals surface area contributed by atoms with Crippen molar-refractivity contribution in [3.63, 3.8) is 0 Å². The molecular weight excluding hydrogens is 326 g/mol. The van der Waals surface area contributed by atoms with Gasteiger partial charge in [0.2, 0.25) is 0 Å². The first-order valence-corrected chi connectivity index (χ1v) is 7.75. The molecule has 0 saturated carbocycles. The van der Waals surface area contributed by atoms with E-state index in [2.05, 4.69) is 4.98 Å². The van der Waals surface area contributed by atoms with Crippen LogP contribution in [0.25, 0.3) is 16.7 Å². The monoisotopic (exact) mass is 343 g/mol. The minimum absolute atomic E-state index is 0.0711. The molecule has 3 rings (SSSR count). The number of ether oxygens (including phenoxy) is 1. The average molecular weight is 343 g/mol. The lowest BCUT2D eigenvalue weighted by Crippen LogP contribution is -2.33. The van der Waals surface area contributed by atoms with Gasteiger partial charge < -0.3 is 15.0 Å². The fourth-order valence-electron chi connectivity index (χ4n) is 2.68. The lowest BCUT2D eigenvalue weighted by molar-refractivity contribution is 0.187. The molecule has 0 aliphatic rings. The lowest BCUT2D eigenvalue weighted by Gasteiger charge is -2.14. The van der Waals surface area contributed by atoms with Crippen molar-refractivity contribution in [3.8, 4) is 0 Å². The maximum Gasteiger partial charge on any atom is 0.267 e. The van der Waals surface area contributed by atoms with Gasteiger partial charge in [0.25, 0.3) is 5.56 Å². The van der Waals surface area contributed by atoms with Gasteiger partial charge in [0.05, 0.1) is 17.6 Å².